The van der Waals surface area contributed by atoms with Gasteiger partial charge in [0.15, 0.2) is 0 Å². The van der Waals surface area contributed by atoms with Gasteiger partial charge in [-0.2, -0.15) is 0 Å². The average Bonchev–Trinajstić information content (AvgIpc) is 2.93. The van der Waals surface area contributed by atoms with E-state index in [9.17, 15) is 4.79 Å². The Hall–Kier alpha value is -1.30. The number of hydrogen-bond donors (Lipinski definition) is 0. The molecule has 0 N–H and O–H groups in total. The second kappa shape index (κ2) is 10.4. The molecular formula is C16H24ClNO3S. The predicted octanol–water partition coefficient (Wildman–Crippen LogP) is 5.25. The lowest BCUT2D eigenvalue weighted by atomic mass is 10.2. The molecule has 0 aliphatic heterocycles. The van der Waals surface area contributed by atoms with Crippen LogP contribution in [0.2, 0.25) is 5.02 Å². The maximum Gasteiger partial charge on any atom is 0.288 e. The second-order valence-corrected chi connectivity index (χ2v) is 5.02. The van der Waals surface area contributed by atoms with E-state index in [4.69, 9.17) is 21.2 Å². The third kappa shape index (κ3) is 4.60. The SMILES string of the molecule is CC.CC.COc1ccc2c(Cl)c(C(=O)N(C)OC)sc2c1. The van der Waals surface area contributed by atoms with Gasteiger partial charge < -0.3 is 4.74 Å². The highest BCUT2D eigenvalue weighted by Gasteiger charge is 2.20. The molecule has 6 heteroatoms. The monoisotopic (exact) mass is 345 g/mol. The number of halogens is 1. The van der Waals surface area contributed by atoms with Gasteiger partial charge in [-0.05, 0) is 18.2 Å². The van der Waals surface area contributed by atoms with E-state index in [1.807, 2.05) is 45.9 Å². The van der Waals surface area contributed by atoms with Crippen molar-refractivity contribution >= 4 is 38.9 Å². The van der Waals surface area contributed by atoms with Crippen molar-refractivity contribution in [2.45, 2.75) is 27.7 Å². The molecular weight excluding hydrogens is 322 g/mol. The predicted molar refractivity (Wildman–Crippen MR) is 95.2 cm³/mol. The lowest BCUT2D eigenvalue weighted by Crippen LogP contribution is -2.24. The third-order valence-electron chi connectivity index (χ3n) is 2.59. The highest BCUT2D eigenvalue weighted by molar-refractivity contribution is 7.21. The van der Waals surface area contributed by atoms with Crippen LogP contribution in [-0.4, -0.2) is 32.2 Å². The van der Waals surface area contributed by atoms with Crippen molar-refractivity contribution in [2.24, 2.45) is 0 Å². The van der Waals surface area contributed by atoms with Crippen LogP contribution in [-0.2, 0) is 4.84 Å². The summed E-state index contributed by atoms with van der Waals surface area (Å²) in [5.41, 5.74) is 0. The Labute approximate surface area is 141 Å². The minimum atomic E-state index is -0.261. The molecule has 0 aliphatic rings. The standard InChI is InChI=1S/C12H12ClNO3S.2C2H6/c1-14(17-3)12(15)11-10(13)8-5-4-7(16-2)6-9(8)18-11;2*1-2/h4-6H,1-3H3;2*1-2H3. The lowest BCUT2D eigenvalue weighted by Gasteiger charge is -2.12. The van der Waals surface area contributed by atoms with Crippen molar-refractivity contribution in [1.82, 2.24) is 5.06 Å². The fraction of sp³-hybridized carbons (Fsp3) is 0.438. The number of rotatable bonds is 3. The number of carbonyl (C=O) groups is 1. The van der Waals surface area contributed by atoms with Crippen LogP contribution in [0.25, 0.3) is 10.1 Å². The van der Waals surface area contributed by atoms with Crippen molar-refractivity contribution in [3.8, 4) is 5.75 Å². The molecule has 0 fully saturated rings. The van der Waals surface area contributed by atoms with E-state index in [0.29, 0.717) is 9.90 Å². The average molecular weight is 346 g/mol. The summed E-state index contributed by atoms with van der Waals surface area (Å²) in [6, 6.07) is 5.52. The van der Waals surface area contributed by atoms with Gasteiger partial charge in [-0.1, -0.05) is 39.3 Å². The van der Waals surface area contributed by atoms with Crippen molar-refractivity contribution in [3.05, 3.63) is 28.1 Å². The number of carbonyl (C=O) groups excluding carboxylic acids is 1. The molecule has 2 rings (SSSR count). The molecule has 0 atom stereocenters. The summed E-state index contributed by atoms with van der Waals surface area (Å²) in [6.07, 6.45) is 0. The van der Waals surface area contributed by atoms with Gasteiger partial charge in [0.2, 0.25) is 0 Å². The topological polar surface area (TPSA) is 38.8 Å². The molecule has 2 aromatic rings. The van der Waals surface area contributed by atoms with Gasteiger partial charge in [0, 0.05) is 17.1 Å². The number of methoxy groups -OCH3 is 1. The molecule has 22 heavy (non-hydrogen) atoms. The Bertz CT molecular complexity index is 598. The largest absolute Gasteiger partial charge is 0.497 e. The van der Waals surface area contributed by atoms with Gasteiger partial charge in [0.05, 0.1) is 19.2 Å². The molecule has 0 spiro atoms. The summed E-state index contributed by atoms with van der Waals surface area (Å²) in [6.45, 7) is 8.00. The molecule has 0 saturated heterocycles. The summed E-state index contributed by atoms with van der Waals surface area (Å²) in [5.74, 6) is 0.474. The van der Waals surface area contributed by atoms with Crippen LogP contribution in [0.1, 0.15) is 37.4 Å². The van der Waals surface area contributed by atoms with E-state index in [2.05, 4.69) is 0 Å². The van der Waals surface area contributed by atoms with E-state index >= 15 is 0 Å². The van der Waals surface area contributed by atoms with E-state index in [-0.39, 0.29) is 5.91 Å². The first kappa shape index (κ1) is 20.7. The Morgan fingerprint density at radius 3 is 2.27 bits per heavy atom. The van der Waals surface area contributed by atoms with Gasteiger partial charge in [0.25, 0.3) is 5.91 Å². The molecule has 1 heterocycles. The number of nitrogens with zero attached hydrogens (tertiary/aromatic N) is 1. The number of hydroxylamine groups is 2. The first-order chi connectivity index (χ1) is 10.6. The van der Waals surface area contributed by atoms with E-state index in [1.165, 1.54) is 18.4 Å². The molecule has 0 unspecified atom stereocenters. The molecule has 0 bridgehead atoms. The molecule has 0 saturated carbocycles. The van der Waals surface area contributed by atoms with Crippen LogP contribution in [0.3, 0.4) is 0 Å². The van der Waals surface area contributed by atoms with Crippen LogP contribution >= 0.6 is 22.9 Å². The Morgan fingerprint density at radius 1 is 1.18 bits per heavy atom. The molecule has 1 aromatic carbocycles. The molecule has 124 valence electrons. The number of benzene rings is 1. The van der Waals surface area contributed by atoms with Crippen molar-refractivity contribution in [1.29, 1.82) is 0 Å². The van der Waals surface area contributed by atoms with Crippen LogP contribution < -0.4 is 4.74 Å². The first-order valence-electron chi connectivity index (χ1n) is 7.16. The van der Waals surface area contributed by atoms with Crippen LogP contribution in [0.5, 0.6) is 5.75 Å². The van der Waals surface area contributed by atoms with E-state index in [1.54, 1.807) is 14.2 Å². The number of fused-ring (bicyclic) bond motifs is 1. The zero-order valence-electron chi connectivity index (χ0n) is 14.2. The summed E-state index contributed by atoms with van der Waals surface area (Å²) >= 11 is 7.54. The van der Waals surface area contributed by atoms with Crippen molar-refractivity contribution in [2.75, 3.05) is 21.3 Å². The maximum absolute atomic E-state index is 12.0. The molecule has 1 aromatic heterocycles. The molecule has 0 radical (unpaired) electrons. The number of thiophene rings is 1. The van der Waals surface area contributed by atoms with Crippen LogP contribution in [0.15, 0.2) is 18.2 Å². The van der Waals surface area contributed by atoms with Crippen molar-refractivity contribution < 1.29 is 14.4 Å². The number of amides is 1. The van der Waals surface area contributed by atoms with Gasteiger partial charge >= 0.3 is 0 Å². The Balaban J connectivity index is 0.00000102. The fourth-order valence-electron chi connectivity index (χ4n) is 1.54. The highest BCUT2D eigenvalue weighted by atomic mass is 35.5. The van der Waals surface area contributed by atoms with Gasteiger partial charge in [-0.15, -0.1) is 11.3 Å². The normalized spacial score (nSPS) is 9.27. The second-order valence-electron chi connectivity index (χ2n) is 3.59. The summed E-state index contributed by atoms with van der Waals surface area (Å²) in [7, 11) is 4.58. The smallest absolute Gasteiger partial charge is 0.288 e. The minimum absolute atomic E-state index is 0.261. The highest BCUT2D eigenvalue weighted by Crippen LogP contribution is 2.37. The first-order valence-corrected chi connectivity index (χ1v) is 8.36. The summed E-state index contributed by atoms with van der Waals surface area (Å²) < 4.78 is 6.05. The Morgan fingerprint density at radius 2 is 1.77 bits per heavy atom. The Kier molecular flexibility index (Phi) is 9.81. The summed E-state index contributed by atoms with van der Waals surface area (Å²) in [4.78, 5) is 17.3. The minimum Gasteiger partial charge on any atom is -0.497 e. The maximum atomic E-state index is 12.0. The number of ether oxygens (including phenoxy) is 1. The van der Waals surface area contributed by atoms with Gasteiger partial charge in [-0.25, -0.2) is 5.06 Å². The lowest BCUT2D eigenvalue weighted by molar-refractivity contribution is -0.0753. The van der Waals surface area contributed by atoms with Crippen molar-refractivity contribution in [3.63, 3.8) is 0 Å². The van der Waals surface area contributed by atoms with Gasteiger partial charge in [0.1, 0.15) is 10.6 Å². The molecule has 1 amide bonds. The third-order valence-corrected chi connectivity index (χ3v) is 4.24. The molecule has 0 aliphatic carbocycles. The molecule has 4 nitrogen and oxygen atoms in total. The zero-order chi connectivity index (χ0) is 17.3. The van der Waals surface area contributed by atoms with E-state index in [0.717, 1.165) is 20.9 Å². The van der Waals surface area contributed by atoms with Crippen LogP contribution in [0.4, 0.5) is 0 Å². The van der Waals surface area contributed by atoms with Gasteiger partial charge in [-0.3, -0.25) is 9.63 Å². The fourth-order valence-corrected chi connectivity index (χ4v) is 3.04. The number of hydrogen-bond acceptors (Lipinski definition) is 4. The summed E-state index contributed by atoms with van der Waals surface area (Å²) in [5, 5.41) is 2.44. The quantitative estimate of drug-likeness (QED) is 0.713. The van der Waals surface area contributed by atoms with E-state index < -0.39 is 0 Å². The van der Waals surface area contributed by atoms with Crippen LogP contribution in [0, 0.1) is 0 Å². The zero-order valence-corrected chi connectivity index (χ0v) is 15.8.